The minimum atomic E-state index is -0.557. The Kier molecular flexibility index (Phi) is 8.07. The third-order valence-electron chi connectivity index (χ3n) is 4.92. The summed E-state index contributed by atoms with van der Waals surface area (Å²) in [5.74, 6) is 1.03. The van der Waals surface area contributed by atoms with Crippen molar-refractivity contribution in [3.63, 3.8) is 0 Å². The van der Waals surface area contributed by atoms with Crippen molar-refractivity contribution in [1.82, 2.24) is 10.2 Å². The molecule has 0 saturated carbocycles. The molecule has 0 bridgehead atoms. The molecule has 29 heavy (non-hydrogen) atoms. The van der Waals surface area contributed by atoms with Crippen molar-refractivity contribution in [2.45, 2.75) is 39.3 Å². The van der Waals surface area contributed by atoms with Crippen LogP contribution in [0.2, 0.25) is 0 Å². The van der Waals surface area contributed by atoms with E-state index in [4.69, 9.17) is 9.47 Å². The Labute approximate surface area is 172 Å². The number of hydrogen-bond acceptors (Lipinski definition) is 4. The fourth-order valence-electron chi connectivity index (χ4n) is 3.23. The van der Waals surface area contributed by atoms with E-state index in [1.54, 1.807) is 33.1 Å². The molecule has 0 aliphatic carbocycles. The van der Waals surface area contributed by atoms with Gasteiger partial charge in [0.2, 0.25) is 11.8 Å². The number of benzene rings is 2. The van der Waals surface area contributed by atoms with Gasteiger partial charge in [-0.2, -0.15) is 0 Å². The molecule has 156 valence electrons. The largest absolute Gasteiger partial charge is 0.493 e. The molecule has 0 unspecified atom stereocenters. The number of amides is 2. The number of nitrogens with zero attached hydrogens (tertiary/aromatic N) is 1. The molecule has 6 heteroatoms. The molecular weight excluding hydrogens is 368 g/mol. The number of rotatable bonds is 9. The lowest BCUT2D eigenvalue weighted by Gasteiger charge is -2.28. The average molecular weight is 399 g/mol. The molecule has 1 atom stereocenters. The minimum Gasteiger partial charge on any atom is -0.493 e. The molecule has 0 aliphatic rings. The maximum absolute atomic E-state index is 13.0. The topological polar surface area (TPSA) is 67.9 Å². The Hall–Kier alpha value is -3.02. The highest BCUT2D eigenvalue weighted by Crippen LogP contribution is 2.28. The molecule has 0 heterocycles. The van der Waals surface area contributed by atoms with Gasteiger partial charge in [-0.3, -0.25) is 9.59 Å². The van der Waals surface area contributed by atoms with Crippen LogP contribution in [0.25, 0.3) is 0 Å². The van der Waals surface area contributed by atoms with Crippen LogP contribution in [0.5, 0.6) is 11.5 Å². The van der Waals surface area contributed by atoms with E-state index in [1.807, 2.05) is 49.4 Å². The standard InChI is InChI=1S/C23H30N2O4/c1-16-7-6-8-19(13-16)15-25(17(2)23(27)24-3)22(26)12-10-18-9-11-20(28-4)21(14-18)29-5/h6-9,11,13-14,17H,10,12,15H2,1-5H3,(H,24,27)/t17-/m1/s1. The molecule has 0 radical (unpaired) electrons. The normalized spacial score (nSPS) is 11.5. The van der Waals surface area contributed by atoms with Gasteiger partial charge in [-0.05, 0) is 43.5 Å². The van der Waals surface area contributed by atoms with Crippen LogP contribution < -0.4 is 14.8 Å². The summed E-state index contributed by atoms with van der Waals surface area (Å²) in [4.78, 5) is 26.9. The fourth-order valence-corrected chi connectivity index (χ4v) is 3.23. The van der Waals surface area contributed by atoms with Gasteiger partial charge in [0.15, 0.2) is 11.5 Å². The minimum absolute atomic E-state index is 0.0719. The van der Waals surface area contributed by atoms with E-state index in [2.05, 4.69) is 5.32 Å². The van der Waals surface area contributed by atoms with Gasteiger partial charge in [-0.25, -0.2) is 0 Å². The van der Waals surface area contributed by atoms with E-state index in [1.165, 1.54) is 0 Å². The number of methoxy groups -OCH3 is 2. The zero-order valence-corrected chi connectivity index (χ0v) is 17.8. The quantitative estimate of drug-likeness (QED) is 0.705. The molecule has 0 spiro atoms. The summed E-state index contributed by atoms with van der Waals surface area (Å²) in [5, 5.41) is 2.64. The number of likely N-dealkylation sites (N-methyl/N-ethyl adjacent to an activating group) is 1. The van der Waals surface area contributed by atoms with Crippen LogP contribution in [0.3, 0.4) is 0 Å². The number of aryl methyl sites for hydroxylation is 2. The Bertz CT molecular complexity index is 851. The molecule has 6 nitrogen and oxygen atoms in total. The van der Waals surface area contributed by atoms with Gasteiger partial charge in [-0.15, -0.1) is 0 Å². The third-order valence-corrected chi connectivity index (χ3v) is 4.92. The van der Waals surface area contributed by atoms with E-state index in [0.29, 0.717) is 30.9 Å². The van der Waals surface area contributed by atoms with Crippen molar-refractivity contribution in [1.29, 1.82) is 0 Å². The number of carbonyl (C=O) groups is 2. The van der Waals surface area contributed by atoms with Crippen LogP contribution in [0.4, 0.5) is 0 Å². The number of nitrogens with one attached hydrogen (secondary N) is 1. The predicted molar refractivity (Wildman–Crippen MR) is 113 cm³/mol. The summed E-state index contributed by atoms with van der Waals surface area (Å²) in [6, 6.07) is 13.0. The first kappa shape index (κ1) is 22.3. The van der Waals surface area contributed by atoms with Gasteiger partial charge < -0.3 is 19.7 Å². The summed E-state index contributed by atoms with van der Waals surface area (Å²) >= 11 is 0. The Morgan fingerprint density at radius 3 is 2.38 bits per heavy atom. The summed E-state index contributed by atoms with van der Waals surface area (Å²) < 4.78 is 10.6. The van der Waals surface area contributed by atoms with Gasteiger partial charge in [0, 0.05) is 20.0 Å². The second-order valence-corrected chi connectivity index (χ2v) is 6.99. The van der Waals surface area contributed by atoms with Gasteiger partial charge in [0.25, 0.3) is 0 Å². The summed E-state index contributed by atoms with van der Waals surface area (Å²) in [7, 11) is 4.75. The van der Waals surface area contributed by atoms with Crippen LogP contribution >= 0.6 is 0 Å². The van der Waals surface area contributed by atoms with E-state index < -0.39 is 6.04 Å². The molecule has 0 saturated heterocycles. The van der Waals surface area contributed by atoms with Crippen LogP contribution in [0, 0.1) is 6.92 Å². The molecule has 2 aromatic rings. The highest BCUT2D eigenvalue weighted by atomic mass is 16.5. The van der Waals surface area contributed by atoms with Crippen molar-refractivity contribution in [3.8, 4) is 11.5 Å². The van der Waals surface area contributed by atoms with Crippen LogP contribution in [-0.2, 0) is 22.6 Å². The van der Waals surface area contributed by atoms with Crippen LogP contribution in [0.15, 0.2) is 42.5 Å². The first-order chi connectivity index (χ1) is 13.9. The lowest BCUT2D eigenvalue weighted by Crippen LogP contribution is -2.46. The van der Waals surface area contributed by atoms with Gasteiger partial charge in [0.1, 0.15) is 6.04 Å². The summed E-state index contributed by atoms with van der Waals surface area (Å²) in [6.07, 6.45) is 0.840. The summed E-state index contributed by atoms with van der Waals surface area (Å²) in [6.45, 7) is 4.15. The van der Waals surface area contributed by atoms with Gasteiger partial charge in [-0.1, -0.05) is 35.9 Å². The van der Waals surface area contributed by atoms with Gasteiger partial charge >= 0.3 is 0 Å². The Morgan fingerprint density at radius 2 is 1.76 bits per heavy atom. The second kappa shape index (κ2) is 10.5. The lowest BCUT2D eigenvalue weighted by atomic mass is 10.1. The maximum atomic E-state index is 13.0. The SMILES string of the molecule is CNC(=O)[C@@H](C)N(Cc1cccc(C)c1)C(=O)CCc1ccc(OC)c(OC)c1. The van der Waals surface area contributed by atoms with Crippen molar-refractivity contribution in [2.75, 3.05) is 21.3 Å². The van der Waals surface area contributed by atoms with E-state index in [9.17, 15) is 9.59 Å². The fraction of sp³-hybridized carbons (Fsp3) is 0.391. The van der Waals surface area contributed by atoms with Crippen molar-refractivity contribution in [3.05, 3.63) is 59.2 Å². The smallest absolute Gasteiger partial charge is 0.242 e. The zero-order valence-electron chi connectivity index (χ0n) is 17.8. The predicted octanol–water partition coefficient (Wildman–Crippen LogP) is 3.11. The number of hydrogen-bond donors (Lipinski definition) is 1. The highest BCUT2D eigenvalue weighted by Gasteiger charge is 2.25. The first-order valence-electron chi connectivity index (χ1n) is 9.67. The maximum Gasteiger partial charge on any atom is 0.242 e. The number of ether oxygens (including phenoxy) is 2. The molecule has 0 aromatic heterocycles. The van der Waals surface area contributed by atoms with Gasteiger partial charge in [0.05, 0.1) is 14.2 Å². The molecule has 0 fully saturated rings. The van der Waals surface area contributed by atoms with Crippen molar-refractivity contribution in [2.24, 2.45) is 0 Å². The molecular formula is C23H30N2O4. The first-order valence-corrected chi connectivity index (χ1v) is 9.67. The zero-order chi connectivity index (χ0) is 21.4. The molecule has 0 aliphatic heterocycles. The highest BCUT2D eigenvalue weighted by molar-refractivity contribution is 5.87. The van der Waals surface area contributed by atoms with Crippen LogP contribution in [-0.4, -0.2) is 44.0 Å². The molecule has 2 amide bonds. The van der Waals surface area contributed by atoms with Crippen molar-refractivity contribution < 1.29 is 19.1 Å². The Balaban J connectivity index is 2.15. The summed E-state index contributed by atoms with van der Waals surface area (Å²) in [5.41, 5.74) is 3.09. The van der Waals surface area contributed by atoms with E-state index in [0.717, 1.165) is 16.7 Å². The van der Waals surface area contributed by atoms with E-state index >= 15 is 0 Å². The average Bonchev–Trinajstić information content (AvgIpc) is 2.74. The van der Waals surface area contributed by atoms with Crippen molar-refractivity contribution >= 4 is 11.8 Å². The molecule has 2 rings (SSSR count). The molecule has 1 N–H and O–H groups in total. The third kappa shape index (κ3) is 5.98. The second-order valence-electron chi connectivity index (χ2n) is 6.99. The van der Waals surface area contributed by atoms with E-state index in [-0.39, 0.29) is 11.8 Å². The monoisotopic (exact) mass is 398 g/mol. The lowest BCUT2D eigenvalue weighted by molar-refractivity contribution is -0.140. The van der Waals surface area contributed by atoms with Crippen LogP contribution in [0.1, 0.15) is 30.0 Å². The Morgan fingerprint density at radius 1 is 1.03 bits per heavy atom. The molecule has 2 aromatic carbocycles. The number of carbonyl (C=O) groups excluding carboxylic acids is 2.